The van der Waals surface area contributed by atoms with E-state index >= 15 is 4.39 Å². The highest BCUT2D eigenvalue weighted by Gasteiger charge is 2.23. The molecule has 1 atom stereocenters. The van der Waals surface area contributed by atoms with Gasteiger partial charge in [0.1, 0.15) is 11.3 Å². The average Bonchev–Trinajstić information content (AvgIpc) is 2.89. The maximum atomic E-state index is 15.0. The fourth-order valence-corrected chi connectivity index (χ4v) is 2.98. The second-order valence-corrected chi connectivity index (χ2v) is 6.10. The van der Waals surface area contributed by atoms with Crippen LogP contribution in [0.3, 0.4) is 0 Å². The molecule has 23 heavy (non-hydrogen) atoms. The van der Waals surface area contributed by atoms with E-state index in [0.29, 0.717) is 11.2 Å². The number of rotatable bonds is 2. The van der Waals surface area contributed by atoms with Gasteiger partial charge in [-0.05, 0) is 51.8 Å². The van der Waals surface area contributed by atoms with Crippen molar-refractivity contribution in [3.63, 3.8) is 0 Å². The molecule has 0 radical (unpaired) electrons. The van der Waals surface area contributed by atoms with Crippen molar-refractivity contribution in [1.29, 1.82) is 0 Å². The van der Waals surface area contributed by atoms with E-state index in [1.165, 1.54) is 4.40 Å². The summed E-state index contributed by atoms with van der Waals surface area (Å²) in [7, 11) is 0. The van der Waals surface area contributed by atoms with E-state index in [4.69, 9.17) is 0 Å². The standard InChI is InChI=1S/C17H10BrF2N3/c18-12-4-6-14-22-17(20)16(23(14)9-12)15(19)11-3-5-13-10(8-11)2-1-7-21-13/h1-9,15H. The van der Waals surface area contributed by atoms with Gasteiger partial charge in [-0.3, -0.25) is 9.38 Å². The van der Waals surface area contributed by atoms with E-state index in [-0.39, 0.29) is 5.69 Å². The first-order chi connectivity index (χ1) is 11.1. The van der Waals surface area contributed by atoms with E-state index in [2.05, 4.69) is 25.9 Å². The first-order valence-corrected chi connectivity index (χ1v) is 7.74. The molecule has 4 aromatic rings. The summed E-state index contributed by atoms with van der Waals surface area (Å²) in [6.45, 7) is 0. The molecule has 0 saturated heterocycles. The zero-order chi connectivity index (χ0) is 16.0. The average molecular weight is 374 g/mol. The van der Waals surface area contributed by atoms with Gasteiger partial charge >= 0.3 is 0 Å². The number of aromatic nitrogens is 3. The molecule has 0 aliphatic heterocycles. The molecule has 0 spiro atoms. The maximum Gasteiger partial charge on any atom is 0.238 e. The largest absolute Gasteiger partial charge is 0.297 e. The van der Waals surface area contributed by atoms with Crippen LogP contribution < -0.4 is 0 Å². The van der Waals surface area contributed by atoms with Crippen LogP contribution in [0.4, 0.5) is 8.78 Å². The monoisotopic (exact) mass is 373 g/mol. The van der Waals surface area contributed by atoms with Gasteiger partial charge in [0.2, 0.25) is 5.95 Å². The van der Waals surface area contributed by atoms with Crippen LogP contribution in [-0.2, 0) is 0 Å². The Hall–Kier alpha value is -2.34. The Morgan fingerprint density at radius 3 is 2.87 bits per heavy atom. The van der Waals surface area contributed by atoms with Crippen molar-refractivity contribution < 1.29 is 8.78 Å². The molecule has 3 aromatic heterocycles. The fourth-order valence-electron chi connectivity index (χ4n) is 2.64. The third-order valence-electron chi connectivity index (χ3n) is 3.73. The summed E-state index contributed by atoms with van der Waals surface area (Å²) >= 11 is 3.31. The summed E-state index contributed by atoms with van der Waals surface area (Å²) in [6, 6.07) is 12.0. The third kappa shape index (κ3) is 2.39. The molecule has 0 aliphatic rings. The van der Waals surface area contributed by atoms with Crippen molar-refractivity contribution in [3.8, 4) is 0 Å². The van der Waals surface area contributed by atoms with Crippen LogP contribution in [0.2, 0.25) is 0 Å². The van der Waals surface area contributed by atoms with E-state index < -0.39 is 12.1 Å². The van der Waals surface area contributed by atoms with Crippen LogP contribution in [0.15, 0.2) is 59.3 Å². The van der Waals surface area contributed by atoms with E-state index in [9.17, 15) is 4.39 Å². The van der Waals surface area contributed by atoms with Crippen molar-refractivity contribution in [2.24, 2.45) is 0 Å². The van der Waals surface area contributed by atoms with Crippen LogP contribution in [0.25, 0.3) is 16.6 Å². The SMILES string of the molecule is Fc1nc2ccc(Br)cn2c1C(F)c1ccc2ncccc2c1. The zero-order valence-corrected chi connectivity index (χ0v) is 13.3. The highest BCUT2D eigenvalue weighted by Crippen LogP contribution is 2.31. The summed E-state index contributed by atoms with van der Waals surface area (Å²) in [4.78, 5) is 7.99. The number of benzene rings is 1. The molecule has 1 unspecified atom stereocenters. The van der Waals surface area contributed by atoms with Crippen molar-refractivity contribution in [2.45, 2.75) is 6.17 Å². The minimum Gasteiger partial charge on any atom is -0.297 e. The summed E-state index contributed by atoms with van der Waals surface area (Å²) in [5, 5.41) is 0.808. The van der Waals surface area contributed by atoms with Crippen LogP contribution in [0.5, 0.6) is 0 Å². The Bertz CT molecular complexity index is 1030. The molecule has 0 saturated carbocycles. The minimum atomic E-state index is -1.62. The Balaban J connectivity index is 1.88. The number of fused-ring (bicyclic) bond motifs is 2. The van der Waals surface area contributed by atoms with Gasteiger partial charge in [-0.1, -0.05) is 12.1 Å². The molecular weight excluding hydrogens is 364 g/mol. The van der Waals surface area contributed by atoms with Crippen LogP contribution in [-0.4, -0.2) is 14.4 Å². The summed E-state index contributed by atoms with van der Waals surface area (Å²) in [5.74, 6) is -0.804. The third-order valence-corrected chi connectivity index (χ3v) is 4.20. The van der Waals surface area contributed by atoms with Gasteiger partial charge in [0.05, 0.1) is 5.52 Å². The van der Waals surface area contributed by atoms with Gasteiger partial charge in [0.25, 0.3) is 0 Å². The smallest absolute Gasteiger partial charge is 0.238 e. The Morgan fingerprint density at radius 2 is 2.00 bits per heavy atom. The highest BCUT2D eigenvalue weighted by molar-refractivity contribution is 9.10. The lowest BCUT2D eigenvalue weighted by Crippen LogP contribution is -2.02. The number of pyridine rings is 2. The topological polar surface area (TPSA) is 30.2 Å². The van der Waals surface area contributed by atoms with Gasteiger partial charge in [-0.25, -0.2) is 9.37 Å². The molecule has 3 nitrogen and oxygen atoms in total. The predicted molar refractivity (Wildman–Crippen MR) is 87.5 cm³/mol. The molecule has 6 heteroatoms. The first-order valence-electron chi connectivity index (χ1n) is 6.95. The molecule has 114 valence electrons. The van der Waals surface area contributed by atoms with Gasteiger partial charge < -0.3 is 0 Å². The summed E-state index contributed by atoms with van der Waals surface area (Å²) < 4.78 is 31.4. The molecule has 0 bridgehead atoms. The lowest BCUT2D eigenvalue weighted by molar-refractivity contribution is 0.374. The number of imidazole rings is 1. The molecule has 0 N–H and O–H groups in total. The molecule has 3 heterocycles. The maximum absolute atomic E-state index is 15.0. The van der Waals surface area contributed by atoms with Crippen molar-refractivity contribution in [1.82, 2.24) is 14.4 Å². The van der Waals surface area contributed by atoms with Crippen LogP contribution in [0, 0.1) is 5.95 Å². The number of hydrogen-bond acceptors (Lipinski definition) is 2. The Morgan fingerprint density at radius 1 is 1.13 bits per heavy atom. The number of halogens is 3. The Kier molecular flexibility index (Phi) is 3.34. The quantitative estimate of drug-likeness (QED) is 0.503. The zero-order valence-electron chi connectivity index (χ0n) is 11.7. The predicted octanol–water partition coefficient (Wildman–Crippen LogP) is 4.84. The minimum absolute atomic E-state index is 0.107. The van der Waals surface area contributed by atoms with Gasteiger partial charge in [0, 0.05) is 22.3 Å². The second-order valence-electron chi connectivity index (χ2n) is 5.18. The van der Waals surface area contributed by atoms with Gasteiger partial charge in [-0.15, -0.1) is 0 Å². The lowest BCUT2D eigenvalue weighted by atomic mass is 10.1. The van der Waals surface area contributed by atoms with E-state index in [1.54, 1.807) is 48.8 Å². The first kappa shape index (κ1) is 14.3. The van der Waals surface area contributed by atoms with Gasteiger partial charge in [-0.2, -0.15) is 4.39 Å². The van der Waals surface area contributed by atoms with E-state index in [0.717, 1.165) is 15.4 Å². The fraction of sp³-hybridized carbons (Fsp3) is 0.0588. The molecule has 0 aliphatic carbocycles. The highest BCUT2D eigenvalue weighted by atomic mass is 79.9. The molecule has 0 amide bonds. The van der Waals surface area contributed by atoms with Crippen LogP contribution in [0.1, 0.15) is 17.4 Å². The molecule has 0 fully saturated rings. The van der Waals surface area contributed by atoms with Crippen molar-refractivity contribution in [2.75, 3.05) is 0 Å². The second kappa shape index (κ2) is 5.38. The normalized spacial score (nSPS) is 12.8. The molecule has 1 aromatic carbocycles. The summed E-state index contributed by atoms with van der Waals surface area (Å²) in [5.41, 5.74) is 1.39. The van der Waals surface area contributed by atoms with E-state index in [1.807, 2.05) is 6.07 Å². The Labute approximate surface area is 138 Å². The van der Waals surface area contributed by atoms with Crippen molar-refractivity contribution >= 4 is 32.5 Å². The number of nitrogens with zero attached hydrogens (tertiary/aromatic N) is 3. The lowest BCUT2D eigenvalue weighted by Gasteiger charge is -2.10. The summed E-state index contributed by atoms with van der Waals surface area (Å²) in [6.07, 6.45) is 1.66. The van der Waals surface area contributed by atoms with Gasteiger partial charge in [0.15, 0.2) is 6.17 Å². The number of hydrogen-bond donors (Lipinski definition) is 0. The number of alkyl halides is 1. The van der Waals surface area contributed by atoms with Crippen LogP contribution >= 0.6 is 15.9 Å². The molecular formula is C17H10BrF2N3. The van der Waals surface area contributed by atoms with Crippen molar-refractivity contribution in [3.05, 3.63) is 76.5 Å². The molecule has 4 rings (SSSR count).